The highest BCUT2D eigenvalue weighted by molar-refractivity contribution is 9.10. The molecule has 0 aliphatic heterocycles. The van der Waals surface area contributed by atoms with E-state index in [2.05, 4.69) is 20.9 Å². The monoisotopic (exact) mass is 355 g/mol. The summed E-state index contributed by atoms with van der Waals surface area (Å²) in [6, 6.07) is 4.67. The van der Waals surface area contributed by atoms with Gasteiger partial charge in [0.1, 0.15) is 5.15 Å². The van der Waals surface area contributed by atoms with E-state index in [1.807, 2.05) is 0 Å². The zero-order valence-corrected chi connectivity index (χ0v) is 12.6. The van der Waals surface area contributed by atoms with Crippen LogP contribution in [0.3, 0.4) is 0 Å². The molecule has 0 aliphatic carbocycles. The van der Waals surface area contributed by atoms with Crippen molar-refractivity contribution in [2.75, 3.05) is 6.26 Å². The van der Waals surface area contributed by atoms with Crippen molar-refractivity contribution in [3.05, 3.63) is 34.0 Å². The number of hydrogen-bond acceptors (Lipinski definition) is 2. The Labute approximate surface area is 116 Å². The lowest BCUT2D eigenvalue weighted by Gasteiger charge is -2.30. The lowest BCUT2D eigenvalue weighted by molar-refractivity contribution is 0.539. The molecule has 1 N–H and O–H groups in total. The van der Waals surface area contributed by atoms with Gasteiger partial charge >= 0.3 is 0 Å². The summed E-state index contributed by atoms with van der Waals surface area (Å²) in [5.41, 5.74) is 0. The van der Waals surface area contributed by atoms with Gasteiger partial charge in [-0.1, -0.05) is 26.2 Å². The van der Waals surface area contributed by atoms with Crippen LogP contribution in [0.2, 0.25) is 5.15 Å². The van der Waals surface area contributed by atoms with Crippen molar-refractivity contribution in [1.82, 2.24) is 4.98 Å². The number of rotatable bonds is 1. The predicted octanol–water partition coefficient (Wildman–Crippen LogP) is 4.09. The van der Waals surface area contributed by atoms with Crippen LogP contribution in [-0.2, 0) is 8.56 Å². The second-order valence-corrected chi connectivity index (χ2v) is 9.97. The molecule has 92 valence electrons. The minimum atomic E-state index is -4.29. The van der Waals surface area contributed by atoms with Gasteiger partial charge in [-0.2, -0.15) is 4.21 Å². The van der Waals surface area contributed by atoms with Crippen molar-refractivity contribution >= 4 is 57.5 Å². The van der Waals surface area contributed by atoms with Gasteiger partial charge in [0.25, 0.3) is 0 Å². The molecule has 3 nitrogen and oxygen atoms in total. The number of benzene rings is 1. The van der Waals surface area contributed by atoms with Crippen LogP contribution in [0, 0.1) is 0 Å². The quantitative estimate of drug-likeness (QED) is 0.618. The molecule has 0 fully saturated rings. The van der Waals surface area contributed by atoms with Gasteiger partial charge in [-0.3, -0.25) is 4.55 Å². The summed E-state index contributed by atoms with van der Waals surface area (Å²) < 4.78 is 22.4. The average molecular weight is 357 g/mol. The number of nitrogens with zero attached hydrogens (tertiary/aromatic N) is 1. The predicted molar refractivity (Wildman–Crippen MR) is 75.3 cm³/mol. The first-order valence-corrected chi connectivity index (χ1v) is 8.83. The lowest BCUT2D eigenvalue weighted by atomic mass is 10.2. The van der Waals surface area contributed by atoms with Crippen LogP contribution in [0.5, 0.6) is 0 Å². The number of fused-ring (bicyclic) bond motifs is 1. The first-order valence-electron chi connectivity index (χ1n) is 4.50. The maximum atomic E-state index is 11.9. The van der Waals surface area contributed by atoms with Gasteiger partial charge < -0.3 is 0 Å². The second-order valence-electron chi connectivity index (χ2n) is 3.77. The maximum Gasteiger partial charge on any atom is 0.136 e. The van der Waals surface area contributed by atoms with E-state index in [1.54, 1.807) is 12.3 Å². The van der Waals surface area contributed by atoms with E-state index in [0.717, 1.165) is 16.1 Å². The largest absolute Gasteiger partial charge is 0.286 e. The van der Waals surface area contributed by atoms with Crippen LogP contribution < -0.4 is 0 Å². The van der Waals surface area contributed by atoms with E-state index < -0.39 is 8.56 Å². The summed E-state index contributed by atoms with van der Waals surface area (Å²) in [7, 11) is 1.35. The maximum absolute atomic E-state index is 11.9. The third-order valence-electron chi connectivity index (χ3n) is 2.29. The first-order chi connectivity index (χ1) is 7.65. The van der Waals surface area contributed by atoms with Gasteiger partial charge in [-0.15, -0.1) is 0 Å². The minimum Gasteiger partial charge on any atom is -0.286 e. The molecule has 7 heteroatoms. The Morgan fingerprint density at radius 1 is 1.41 bits per heavy atom. The molecule has 1 aromatic carbocycles. The molecule has 0 bridgehead atoms. The van der Waals surface area contributed by atoms with Crippen LogP contribution in [0.25, 0.3) is 10.8 Å². The summed E-state index contributed by atoms with van der Waals surface area (Å²) in [6.45, 7) is 0. The van der Waals surface area contributed by atoms with E-state index in [9.17, 15) is 8.76 Å². The summed E-state index contributed by atoms with van der Waals surface area (Å²) in [4.78, 5) is 4.08. The molecular weight excluding hydrogens is 349 g/mol. The van der Waals surface area contributed by atoms with Crippen molar-refractivity contribution < 1.29 is 8.76 Å². The Hall–Kier alpha value is -0.200. The normalized spacial score (nSPS) is 14.5. The summed E-state index contributed by atoms with van der Waals surface area (Å²) in [5, 5.41) is 1.65. The molecule has 0 unspecified atom stereocenters. The average Bonchev–Trinajstić information content (AvgIpc) is 2.21. The van der Waals surface area contributed by atoms with Crippen molar-refractivity contribution in [2.24, 2.45) is 0 Å². The molecule has 2 aromatic rings. The fourth-order valence-electron chi connectivity index (χ4n) is 1.44. The molecule has 0 aliphatic rings. The van der Waals surface area contributed by atoms with E-state index >= 15 is 0 Å². The standard InChI is InChI=1S/C10H8BrCl2NO2S/c1-17(13,15,16)6-2-3-7-8(4-6)10(12)14-5-9(7)11/h2-5H,1H3,(H,15,16). The van der Waals surface area contributed by atoms with Crippen molar-refractivity contribution in [3.8, 4) is 0 Å². The van der Waals surface area contributed by atoms with Gasteiger partial charge in [0, 0.05) is 38.4 Å². The fourth-order valence-corrected chi connectivity index (χ4v) is 3.13. The van der Waals surface area contributed by atoms with Crippen LogP contribution >= 0.6 is 38.2 Å². The third-order valence-corrected chi connectivity index (χ3v) is 5.06. The van der Waals surface area contributed by atoms with Crippen molar-refractivity contribution in [3.63, 3.8) is 0 Å². The zero-order valence-electron chi connectivity index (χ0n) is 8.65. The molecule has 0 saturated carbocycles. The van der Waals surface area contributed by atoms with E-state index in [1.165, 1.54) is 12.1 Å². The third kappa shape index (κ3) is 2.63. The Balaban J connectivity index is 2.84. The number of pyridine rings is 1. The Morgan fingerprint density at radius 2 is 2.06 bits per heavy atom. The Bertz CT molecular complexity index is 672. The topological polar surface area (TPSA) is 50.2 Å². The van der Waals surface area contributed by atoms with Crippen molar-refractivity contribution in [1.29, 1.82) is 0 Å². The SMILES string of the molecule is CS(=O)(O)(Cl)c1ccc2c(Br)cnc(Cl)c2c1. The molecule has 0 atom stereocenters. The van der Waals surface area contributed by atoms with Crippen molar-refractivity contribution in [2.45, 2.75) is 4.90 Å². The lowest BCUT2D eigenvalue weighted by Crippen LogP contribution is -2.21. The Morgan fingerprint density at radius 3 is 2.65 bits per heavy atom. The summed E-state index contributed by atoms with van der Waals surface area (Å²) in [6.07, 6.45) is 2.66. The van der Waals surface area contributed by atoms with Crippen LogP contribution in [0.4, 0.5) is 0 Å². The van der Waals surface area contributed by atoms with Gasteiger partial charge in [0.15, 0.2) is 0 Å². The van der Waals surface area contributed by atoms with E-state index in [-0.39, 0.29) is 10.0 Å². The highest BCUT2D eigenvalue weighted by Gasteiger charge is 2.21. The van der Waals surface area contributed by atoms with Crippen LogP contribution in [0.15, 0.2) is 33.8 Å². The number of hydrogen-bond donors (Lipinski definition) is 1. The second kappa shape index (κ2) is 3.90. The first kappa shape index (κ1) is 13.2. The van der Waals surface area contributed by atoms with Gasteiger partial charge in [-0.05, 0) is 28.1 Å². The molecule has 1 heterocycles. The molecule has 2 rings (SSSR count). The zero-order chi connectivity index (χ0) is 12.9. The minimum absolute atomic E-state index is 0.123. The van der Waals surface area contributed by atoms with Crippen LogP contribution in [0.1, 0.15) is 0 Å². The van der Waals surface area contributed by atoms with Crippen LogP contribution in [-0.4, -0.2) is 20.0 Å². The molecular formula is C10H8BrCl2NO2S. The molecule has 0 spiro atoms. The summed E-state index contributed by atoms with van der Waals surface area (Å²) >= 11 is 9.28. The molecule has 1 aromatic heterocycles. The highest BCUT2D eigenvalue weighted by atomic mass is 79.9. The summed E-state index contributed by atoms with van der Waals surface area (Å²) in [5.74, 6) is 0. The molecule has 0 saturated heterocycles. The molecule has 0 radical (unpaired) electrons. The smallest absolute Gasteiger partial charge is 0.136 e. The molecule has 0 amide bonds. The van der Waals surface area contributed by atoms with E-state index in [0.29, 0.717) is 5.39 Å². The highest BCUT2D eigenvalue weighted by Crippen LogP contribution is 2.37. The van der Waals surface area contributed by atoms with E-state index in [4.69, 9.17) is 22.3 Å². The van der Waals surface area contributed by atoms with Gasteiger partial charge in [0.2, 0.25) is 0 Å². The molecule has 17 heavy (non-hydrogen) atoms. The van der Waals surface area contributed by atoms with Gasteiger partial charge in [0.05, 0.1) is 4.90 Å². The fraction of sp³-hybridized carbons (Fsp3) is 0.100. The van der Waals surface area contributed by atoms with Gasteiger partial charge in [-0.25, -0.2) is 4.98 Å². The Kier molecular flexibility index (Phi) is 3.03. The number of aromatic nitrogens is 1. The number of halogens is 3.